The second-order valence-electron chi connectivity index (χ2n) is 9.61. The minimum atomic E-state index is -0.211. The molecule has 0 unspecified atom stereocenters. The molecule has 1 aromatic heterocycles. The van der Waals surface area contributed by atoms with Crippen molar-refractivity contribution in [1.82, 2.24) is 9.97 Å². The number of aryl methyl sites for hydroxylation is 2. The van der Waals surface area contributed by atoms with E-state index >= 15 is 0 Å². The molecule has 170 valence electrons. The Labute approximate surface area is 189 Å². The number of halogens is 1. The topological polar surface area (TPSA) is 25.8 Å². The highest BCUT2D eigenvalue weighted by atomic mass is 19.1. The Balaban J connectivity index is 1.45. The van der Waals surface area contributed by atoms with E-state index in [0.29, 0.717) is 11.4 Å². The van der Waals surface area contributed by atoms with Gasteiger partial charge >= 0.3 is 0 Å². The summed E-state index contributed by atoms with van der Waals surface area (Å²) in [7, 11) is 0. The van der Waals surface area contributed by atoms with Crippen molar-refractivity contribution < 1.29 is 4.39 Å². The van der Waals surface area contributed by atoms with Gasteiger partial charge in [0.25, 0.3) is 0 Å². The molecule has 31 heavy (non-hydrogen) atoms. The molecule has 0 saturated heterocycles. The summed E-state index contributed by atoms with van der Waals surface area (Å²) in [5.74, 6) is 2.10. The largest absolute Gasteiger partial charge is 0.236 e. The average Bonchev–Trinajstić information content (AvgIpc) is 2.79. The van der Waals surface area contributed by atoms with Gasteiger partial charge in [0.15, 0.2) is 5.82 Å². The van der Waals surface area contributed by atoms with E-state index < -0.39 is 0 Å². The molecular formula is C28H41FN2. The molecule has 0 amide bonds. The van der Waals surface area contributed by atoms with Crippen LogP contribution in [-0.2, 0) is 12.8 Å². The van der Waals surface area contributed by atoms with E-state index in [4.69, 9.17) is 0 Å². The summed E-state index contributed by atoms with van der Waals surface area (Å²) < 4.78 is 14.6. The quantitative estimate of drug-likeness (QED) is 0.320. The highest BCUT2D eigenvalue weighted by molar-refractivity contribution is 5.56. The van der Waals surface area contributed by atoms with Crippen LogP contribution in [0.25, 0.3) is 11.4 Å². The number of hydrogen-bond donors (Lipinski definition) is 0. The van der Waals surface area contributed by atoms with E-state index in [1.165, 1.54) is 76.2 Å². The van der Waals surface area contributed by atoms with Gasteiger partial charge in [-0.2, -0.15) is 0 Å². The molecule has 1 aliphatic rings. The van der Waals surface area contributed by atoms with Crippen LogP contribution in [0.4, 0.5) is 4.39 Å². The number of nitrogens with zero attached hydrogens (tertiary/aromatic N) is 2. The first-order valence-electron chi connectivity index (χ1n) is 12.8. The van der Waals surface area contributed by atoms with Gasteiger partial charge in [-0.1, -0.05) is 84.1 Å². The van der Waals surface area contributed by atoms with Crippen LogP contribution in [0.5, 0.6) is 0 Å². The maximum atomic E-state index is 14.6. The molecular weight excluding hydrogens is 383 g/mol. The van der Waals surface area contributed by atoms with Crippen LogP contribution in [0.2, 0.25) is 0 Å². The van der Waals surface area contributed by atoms with E-state index in [1.807, 2.05) is 24.5 Å². The summed E-state index contributed by atoms with van der Waals surface area (Å²) in [5.41, 5.74) is 2.74. The maximum absolute atomic E-state index is 14.6. The Morgan fingerprint density at radius 1 is 0.774 bits per heavy atom. The zero-order valence-corrected chi connectivity index (χ0v) is 19.7. The second kappa shape index (κ2) is 12.9. The first kappa shape index (κ1) is 23.9. The third kappa shape index (κ3) is 7.70. The van der Waals surface area contributed by atoms with E-state index in [2.05, 4.69) is 23.8 Å². The van der Waals surface area contributed by atoms with Gasteiger partial charge in [-0.15, -0.1) is 0 Å². The lowest BCUT2D eigenvalue weighted by Gasteiger charge is -2.28. The summed E-state index contributed by atoms with van der Waals surface area (Å²) in [6, 6.07) is 5.51. The number of rotatable bonds is 12. The van der Waals surface area contributed by atoms with Gasteiger partial charge < -0.3 is 0 Å². The fourth-order valence-corrected chi connectivity index (χ4v) is 4.96. The number of unbranched alkanes of at least 4 members (excludes halogenated alkanes) is 4. The van der Waals surface area contributed by atoms with Crippen molar-refractivity contribution in [1.29, 1.82) is 0 Å². The molecule has 2 aromatic rings. The third-order valence-electron chi connectivity index (χ3n) is 7.07. The Hall–Kier alpha value is -1.77. The zero-order valence-electron chi connectivity index (χ0n) is 19.7. The van der Waals surface area contributed by atoms with Crippen molar-refractivity contribution in [2.45, 2.75) is 104 Å². The predicted molar refractivity (Wildman–Crippen MR) is 129 cm³/mol. The van der Waals surface area contributed by atoms with Crippen LogP contribution in [0, 0.1) is 17.7 Å². The number of benzene rings is 1. The summed E-state index contributed by atoms with van der Waals surface area (Å²) >= 11 is 0. The molecule has 3 heteroatoms. The van der Waals surface area contributed by atoms with Crippen molar-refractivity contribution in [3.05, 3.63) is 47.5 Å². The lowest BCUT2D eigenvalue weighted by Crippen LogP contribution is -2.15. The summed E-state index contributed by atoms with van der Waals surface area (Å²) in [4.78, 5) is 8.96. The fourth-order valence-electron chi connectivity index (χ4n) is 4.96. The molecule has 0 bridgehead atoms. The molecule has 3 rings (SSSR count). The Bertz CT molecular complexity index is 763. The van der Waals surface area contributed by atoms with Crippen LogP contribution in [-0.4, -0.2) is 9.97 Å². The van der Waals surface area contributed by atoms with Crippen molar-refractivity contribution in [3.63, 3.8) is 0 Å². The Morgan fingerprint density at radius 3 is 2.06 bits per heavy atom. The molecule has 0 atom stereocenters. The van der Waals surface area contributed by atoms with Gasteiger partial charge in [-0.25, -0.2) is 14.4 Å². The van der Waals surface area contributed by atoms with Crippen LogP contribution < -0.4 is 0 Å². The van der Waals surface area contributed by atoms with E-state index in [9.17, 15) is 4.39 Å². The van der Waals surface area contributed by atoms with Crippen molar-refractivity contribution >= 4 is 0 Å². The highest BCUT2D eigenvalue weighted by Gasteiger charge is 2.20. The van der Waals surface area contributed by atoms with Gasteiger partial charge in [-0.05, 0) is 60.8 Å². The lowest BCUT2D eigenvalue weighted by molar-refractivity contribution is 0.249. The van der Waals surface area contributed by atoms with E-state index in [0.717, 1.165) is 36.7 Å². The fraction of sp³-hybridized carbons (Fsp3) is 0.643. The highest BCUT2D eigenvalue weighted by Crippen LogP contribution is 2.34. The molecule has 1 fully saturated rings. The molecule has 0 radical (unpaired) electrons. The smallest absolute Gasteiger partial charge is 0.162 e. The summed E-state index contributed by atoms with van der Waals surface area (Å²) in [6.45, 7) is 4.47. The van der Waals surface area contributed by atoms with Crippen molar-refractivity contribution in [3.8, 4) is 11.4 Å². The maximum Gasteiger partial charge on any atom is 0.162 e. The second-order valence-corrected chi connectivity index (χ2v) is 9.61. The molecule has 2 nitrogen and oxygen atoms in total. The Morgan fingerprint density at radius 2 is 1.42 bits per heavy atom. The summed E-state index contributed by atoms with van der Waals surface area (Å²) in [6.07, 6.45) is 21.6. The van der Waals surface area contributed by atoms with Crippen molar-refractivity contribution in [2.75, 3.05) is 0 Å². The van der Waals surface area contributed by atoms with Gasteiger partial charge in [0, 0.05) is 12.4 Å². The normalized spacial score (nSPS) is 18.9. The number of aromatic nitrogens is 2. The Kier molecular flexibility index (Phi) is 9.96. The first-order chi connectivity index (χ1) is 15.2. The lowest BCUT2D eigenvalue weighted by atomic mass is 9.78. The van der Waals surface area contributed by atoms with Crippen LogP contribution in [0.15, 0.2) is 30.6 Å². The van der Waals surface area contributed by atoms with Crippen molar-refractivity contribution in [2.24, 2.45) is 11.8 Å². The molecule has 1 saturated carbocycles. The minimum absolute atomic E-state index is 0.211. The molecule has 0 N–H and O–H groups in total. The number of hydrogen-bond acceptors (Lipinski definition) is 2. The minimum Gasteiger partial charge on any atom is -0.236 e. The zero-order chi connectivity index (χ0) is 21.9. The van der Waals surface area contributed by atoms with Gasteiger partial charge in [0.2, 0.25) is 0 Å². The van der Waals surface area contributed by atoms with Gasteiger partial charge in [-0.3, -0.25) is 0 Å². The van der Waals surface area contributed by atoms with Crippen LogP contribution in [0.3, 0.4) is 0 Å². The van der Waals surface area contributed by atoms with Crippen LogP contribution in [0.1, 0.15) is 102 Å². The van der Waals surface area contributed by atoms with E-state index in [1.54, 1.807) is 6.07 Å². The molecule has 0 aliphatic heterocycles. The monoisotopic (exact) mass is 424 g/mol. The summed E-state index contributed by atoms with van der Waals surface area (Å²) in [5, 5.41) is 0. The standard InChI is InChI=1S/C28H41FN2/c1-3-5-7-9-22-11-13-23(14-12-22)15-16-25-20-30-28(31-21-25)26-18-17-24(19-27(26)29)10-8-6-4-2/h17-23H,3-16H2,1-2H3/t22-,23-. The van der Waals surface area contributed by atoms with E-state index in [-0.39, 0.29) is 5.82 Å². The molecule has 1 aliphatic carbocycles. The van der Waals surface area contributed by atoms with Gasteiger partial charge in [0.1, 0.15) is 5.82 Å². The molecule has 0 spiro atoms. The molecule has 1 aromatic carbocycles. The predicted octanol–water partition coefficient (Wildman–Crippen LogP) is 8.33. The third-order valence-corrected chi connectivity index (χ3v) is 7.07. The van der Waals surface area contributed by atoms with Crippen LogP contribution >= 0.6 is 0 Å². The average molecular weight is 425 g/mol. The molecule has 1 heterocycles. The SMILES string of the molecule is CCCCCc1ccc(-c2ncc(CC[C@H]3CC[C@H](CCCCC)CC3)cn2)c(F)c1. The first-order valence-corrected chi connectivity index (χ1v) is 12.8. The van der Waals surface area contributed by atoms with Gasteiger partial charge in [0.05, 0.1) is 5.56 Å².